The van der Waals surface area contributed by atoms with Crippen molar-refractivity contribution in [3.05, 3.63) is 35.9 Å². The third-order valence-electron chi connectivity index (χ3n) is 5.18. The van der Waals surface area contributed by atoms with Crippen LogP contribution < -0.4 is 0 Å². The number of halogens is 1. The smallest absolute Gasteiger partial charge is 0.192 e. The molecule has 0 saturated carbocycles. The number of hydrogen-bond donors (Lipinski definition) is 0. The van der Waals surface area contributed by atoms with Crippen LogP contribution in [0.25, 0.3) is 0 Å². The zero-order chi connectivity index (χ0) is 18.0. The number of alkyl halides is 1. The average molecular weight is 462 g/mol. The van der Waals surface area contributed by atoms with Crippen molar-refractivity contribution in [2.24, 2.45) is 11.8 Å². The van der Waals surface area contributed by atoms with Crippen molar-refractivity contribution in [1.82, 2.24) is 0 Å². The summed E-state index contributed by atoms with van der Waals surface area (Å²) in [5.74, 6) is 0.993. The number of rotatable bonds is 12. The van der Waals surface area contributed by atoms with Crippen molar-refractivity contribution >= 4 is 30.9 Å². The first kappa shape index (κ1) is 22.1. The van der Waals surface area contributed by atoms with Crippen LogP contribution in [-0.4, -0.2) is 25.5 Å². The third kappa shape index (κ3) is 6.77. The second-order valence-corrected chi connectivity index (χ2v) is 12.5. The lowest BCUT2D eigenvalue weighted by molar-refractivity contribution is 0.0169. The molecule has 0 amide bonds. The van der Waals surface area contributed by atoms with Crippen LogP contribution in [-0.2, 0) is 15.8 Å². The van der Waals surface area contributed by atoms with Crippen molar-refractivity contribution in [2.75, 3.05) is 11.0 Å². The Labute approximate surface area is 164 Å². The van der Waals surface area contributed by atoms with Crippen LogP contribution in [0.4, 0.5) is 0 Å². The predicted molar refractivity (Wildman–Crippen MR) is 115 cm³/mol. The van der Waals surface area contributed by atoms with Crippen LogP contribution in [0.5, 0.6) is 0 Å². The van der Waals surface area contributed by atoms with E-state index < -0.39 is 8.32 Å². The molecule has 1 rings (SSSR count). The summed E-state index contributed by atoms with van der Waals surface area (Å²) in [6.45, 7) is 13.0. The summed E-state index contributed by atoms with van der Waals surface area (Å²) < 4.78 is 14.0. The summed E-state index contributed by atoms with van der Waals surface area (Å²) in [5, 5.41) is 0. The Kier molecular flexibility index (Phi) is 10.7. The molecule has 2 nitrogen and oxygen atoms in total. The molecule has 24 heavy (non-hydrogen) atoms. The summed E-state index contributed by atoms with van der Waals surface area (Å²) in [4.78, 5) is 0. The van der Waals surface area contributed by atoms with Crippen LogP contribution in [0, 0.1) is 11.8 Å². The van der Waals surface area contributed by atoms with Crippen LogP contribution in [0.1, 0.15) is 40.2 Å². The zero-order valence-corrected chi connectivity index (χ0v) is 19.2. The van der Waals surface area contributed by atoms with Gasteiger partial charge in [-0.2, -0.15) is 0 Å². The second kappa shape index (κ2) is 11.7. The molecule has 0 unspecified atom stereocenters. The standard InChI is InChI=1S/C20H35IO2Si/c1-6-24(7-2,8-3)23-20(17(4)14-21)18(5)15-22-16-19-12-10-9-11-13-19/h9-13,17-18,20H,6-8,14-16H2,1-5H3/t17-,18-,20+/m0/s1. The fourth-order valence-corrected chi connectivity index (χ4v) is 6.74. The van der Waals surface area contributed by atoms with Gasteiger partial charge >= 0.3 is 0 Å². The molecular formula is C20H35IO2Si. The van der Waals surface area contributed by atoms with E-state index in [1.807, 2.05) is 6.07 Å². The molecule has 0 aromatic heterocycles. The van der Waals surface area contributed by atoms with Crippen LogP contribution in [0.3, 0.4) is 0 Å². The molecular weight excluding hydrogens is 427 g/mol. The van der Waals surface area contributed by atoms with Gasteiger partial charge in [-0.3, -0.25) is 0 Å². The van der Waals surface area contributed by atoms with Gasteiger partial charge in [0.1, 0.15) is 0 Å². The van der Waals surface area contributed by atoms with E-state index in [1.165, 1.54) is 23.7 Å². The first-order valence-corrected chi connectivity index (χ1v) is 13.4. The molecule has 0 saturated heterocycles. The van der Waals surface area contributed by atoms with Crippen molar-refractivity contribution in [2.45, 2.75) is 65.5 Å². The van der Waals surface area contributed by atoms with Gasteiger partial charge in [0.25, 0.3) is 0 Å². The minimum atomic E-state index is -1.58. The molecule has 0 bridgehead atoms. The Bertz CT molecular complexity index is 428. The van der Waals surface area contributed by atoms with Crippen LogP contribution >= 0.6 is 22.6 Å². The quantitative estimate of drug-likeness (QED) is 0.206. The minimum absolute atomic E-state index is 0.309. The Hall–Kier alpha value is 0.0869. The molecule has 0 aliphatic rings. The lowest BCUT2D eigenvalue weighted by Gasteiger charge is -2.38. The summed E-state index contributed by atoms with van der Waals surface area (Å²) in [7, 11) is -1.58. The van der Waals surface area contributed by atoms with E-state index in [1.54, 1.807) is 0 Å². The molecule has 0 fully saturated rings. The lowest BCUT2D eigenvalue weighted by Crippen LogP contribution is -2.45. The van der Waals surface area contributed by atoms with Crippen molar-refractivity contribution < 1.29 is 9.16 Å². The molecule has 3 atom stereocenters. The van der Waals surface area contributed by atoms with E-state index >= 15 is 0 Å². The Morgan fingerprint density at radius 1 is 0.958 bits per heavy atom. The maximum atomic E-state index is 6.86. The molecule has 0 heterocycles. The van der Waals surface area contributed by atoms with E-state index in [9.17, 15) is 0 Å². The highest BCUT2D eigenvalue weighted by molar-refractivity contribution is 14.1. The Morgan fingerprint density at radius 2 is 1.54 bits per heavy atom. The van der Waals surface area contributed by atoms with E-state index in [4.69, 9.17) is 9.16 Å². The molecule has 1 aromatic rings. The monoisotopic (exact) mass is 462 g/mol. The maximum Gasteiger partial charge on any atom is 0.192 e. The van der Waals surface area contributed by atoms with E-state index in [0.29, 0.717) is 24.5 Å². The Morgan fingerprint density at radius 3 is 2.04 bits per heavy atom. The van der Waals surface area contributed by atoms with Gasteiger partial charge in [-0.25, -0.2) is 0 Å². The third-order valence-corrected chi connectivity index (χ3v) is 11.2. The lowest BCUT2D eigenvalue weighted by atomic mass is 9.96. The molecule has 1 aromatic carbocycles. The summed E-state index contributed by atoms with van der Waals surface area (Å²) in [6.07, 6.45) is 0.309. The van der Waals surface area contributed by atoms with Gasteiger partial charge in [0.2, 0.25) is 0 Å². The van der Waals surface area contributed by atoms with E-state index in [-0.39, 0.29) is 0 Å². The van der Waals surface area contributed by atoms with Gasteiger partial charge in [0.15, 0.2) is 8.32 Å². The van der Waals surface area contributed by atoms with Crippen LogP contribution in [0.15, 0.2) is 30.3 Å². The van der Waals surface area contributed by atoms with Crippen molar-refractivity contribution in [3.8, 4) is 0 Å². The predicted octanol–water partition coefficient (Wildman–Crippen LogP) is 6.30. The van der Waals surface area contributed by atoms with Crippen molar-refractivity contribution in [3.63, 3.8) is 0 Å². The molecule has 0 aliphatic heterocycles. The molecule has 0 spiro atoms. The van der Waals surface area contributed by atoms with Crippen molar-refractivity contribution in [1.29, 1.82) is 0 Å². The van der Waals surface area contributed by atoms with Crippen LogP contribution in [0.2, 0.25) is 18.1 Å². The molecule has 0 aliphatic carbocycles. The SMILES string of the molecule is CC[Si](CC)(CC)O[C@H]([C@@H](C)CI)[C@@H](C)COCc1ccccc1. The van der Waals surface area contributed by atoms with Gasteiger partial charge < -0.3 is 9.16 Å². The highest BCUT2D eigenvalue weighted by Gasteiger charge is 2.35. The van der Waals surface area contributed by atoms with Gasteiger partial charge in [-0.1, -0.05) is 87.5 Å². The Balaban J connectivity index is 2.65. The normalized spacial score (nSPS) is 15.9. The fourth-order valence-electron chi connectivity index (χ4n) is 3.20. The highest BCUT2D eigenvalue weighted by atomic mass is 127. The van der Waals surface area contributed by atoms with Gasteiger partial charge in [0.05, 0.1) is 19.3 Å². The van der Waals surface area contributed by atoms with Gasteiger partial charge in [0, 0.05) is 10.3 Å². The largest absolute Gasteiger partial charge is 0.413 e. The summed E-state index contributed by atoms with van der Waals surface area (Å²) in [5.41, 5.74) is 1.24. The number of hydrogen-bond acceptors (Lipinski definition) is 2. The zero-order valence-electron chi connectivity index (χ0n) is 16.1. The van der Waals surface area contributed by atoms with E-state index in [0.717, 1.165) is 11.0 Å². The number of ether oxygens (including phenoxy) is 1. The molecule has 0 N–H and O–H groups in total. The molecule has 4 heteroatoms. The maximum absolute atomic E-state index is 6.86. The minimum Gasteiger partial charge on any atom is -0.413 e. The molecule has 138 valence electrons. The highest BCUT2D eigenvalue weighted by Crippen LogP contribution is 2.30. The average Bonchev–Trinajstić information content (AvgIpc) is 2.63. The second-order valence-electron chi connectivity index (χ2n) is 6.94. The topological polar surface area (TPSA) is 18.5 Å². The van der Waals surface area contributed by atoms with Gasteiger partial charge in [-0.15, -0.1) is 0 Å². The first-order valence-electron chi connectivity index (χ1n) is 9.37. The van der Waals surface area contributed by atoms with E-state index in [2.05, 4.69) is 81.5 Å². The van der Waals surface area contributed by atoms with Gasteiger partial charge in [-0.05, 0) is 29.6 Å². The summed E-state index contributed by atoms with van der Waals surface area (Å²) in [6, 6.07) is 14.0. The first-order chi connectivity index (χ1) is 11.5. The number of benzene rings is 1. The fraction of sp³-hybridized carbons (Fsp3) is 0.700. The summed E-state index contributed by atoms with van der Waals surface area (Å²) >= 11 is 2.49. The molecule has 0 radical (unpaired) electrons.